The number of aliphatic hydroxyl groups excluding tert-OH is 5. The van der Waals surface area contributed by atoms with Gasteiger partial charge in [0.15, 0.2) is 12.4 Å². The van der Waals surface area contributed by atoms with E-state index >= 15 is 0 Å². The van der Waals surface area contributed by atoms with E-state index in [1.54, 1.807) is 12.2 Å². The summed E-state index contributed by atoms with van der Waals surface area (Å²) in [6.07, 6.45) is 77.2. The maximum Gasteiger partial charge on any atom is 0.306 e. The van der Waals surface area contributed by atoms with Crippen LogP contribution < -0.4 is 5.32 Å². The summed E-state index contributed by atoms with van der Waals surface area (Å²) in [5.41, 5.74) is 0. The summed E-state index contributed by atoms with van der Waals surface area (Å²) >= 11 is 0. The molecule has 6 N–H and O–H groups in total. The van der Waals surface area contributed by atoms with Crippen LogP contribution in [0.1, 0.15) is 233 Å². The lowest BCUT2D eigenvalue weighted by Crippen LogP contribution is -2.61. The number of allylic oxidation sites excluding steroid dienone is 24. The fraction of sp³-hybridized carbons (Fsp3) is 0.622. The second-order valence-electron chi connectivity index (χ2n) is 22.1. The van der Waals surface area contributed by atoms with E-state index in [2.05, 4.69) is 154 Å². The molecule has 480 valence electrons. The number of aliphatic hydroxyl groups is 5. The Labute approximate surface area is 517 Å². The number of rotatable bonds is 54. The first-order valence-corrected chi connectivity index (χ1v) is 33.3. The van der Waals surface area contributed by atoms with Crippen LogP contribution in [0.3, 0.4) is 0 Å². The molecule has 0 aliphatic carbocycles. The lowest BCUT2D eigenvalue weighted by atomic mass is 9.99. The zero-order valence-corrected chi connectivity index (χ0v) is 53.2. The zero-order valence-electron chi connectivity index (χ0n) is 53.2. The summed E-state index contributed by atoms with van der Waals surface area (Å²) < 4.78 is 17.6. The molecule has 8 unspecified atom stereocenters. The summed E-state index contributed by atoms with van der Waals surface area (Å²) in [5, 5.41) is 57.0. The van der Waals surface area contributed by atoms with Gasteiger partial charge in [-0.2, -0.15) is 0 Å². The van der Waals surface area contributed by atoms with Gasteiger partial charge in [0.2, 0.25) is 5.91 Å². The number of hydrogen-bond donors (Lipinski definition) is 6. The summed E-state index contributed by atoms with van der Waals surface area (Å²) in [6.45, 7) is 5.50. The molecule has 1 saturated heterocycles. The van der Waals surface area contributed by atoms with E-state index in [1.807, 2.05) is 18.2 Å². The largest absolute Gasteiger partial charge is 0.454 e. The highest BCUT2D eigenvalue weighted by molar-refractivity contribution is 5.81. The molecule has 0 aromatic rings. The van der Waals surface area contributed by atoms with Crippen molar-refractivity contribution < 1.29 is 49.3 Å². The molecular weight excluding hydrogens is 1060 g/mol. The molecule has 1 amide bonds. The molecule has 0 saturated carbocycles. The first kappa shape index (κ1) is 78.3. The summed E-state index contributed by atoms with van der Waals surface area (Å²) in [5.74, 6) is -1.31. The third-order valence-corrected chi connectivity index (χ3v) is 14.4. The van der Waals surface area contributed by atoms with Gasteiger partial charge in [-0.1, -0.05) is 269 Å². The Balaban J connectivity index is 2.70. The Morgan fingerprint density at radius 2 is 0.847 bits per heavy atom. The zero-order chi connectivity index (χ0) is 61.7. The standard InChI is InChI=1S/C74H119NO10/c1-4-7-10-13-16-19-22-25-27-29-31-32-33-34-35-36-37-39-41-44-47-50-53-56-59-62-69(79)85-72-71(81)70(80)68(63-76)84-74(72)83-64-65(66(77)60-57-54-51-48-45-42-24-21-18-15-12-9-6-3)75-73(82)67(78)61-58-55-52-49-46-43-40-38-30-28-26-23-20-17-14-11-8-5-2/h7-8,10-11,16-17,19-20,25-28,31-32,34-35,37-40,46,49,55,57-58,60,65-68,70-72,74,76-78,80-81H,4-6,9,12-15,18,21-24,29-30,33,36,41-45,47-48,50-54,56,59,61-64H2,1-3H3,(H,75,82)/b10-7-,11-8-,19-16-,20-17-,27-25-,28-26-,32-31-,35-34-,39-37-,40-38-,49-46-,58-55-,60-57+. The van der Waals surface area contributed by atoms with Gasteiger partial charge in [-0.15, -0.1) is 0 Å². The summed E-state index contributed by atoms with van der Waals surface area (Å²) in [4.78, 5) is 26.6. The van der Waals surface area contributed by atoms with Crippen molar-refractivity contribution in [1.29, 1.82) is 0 Å². The lowest BCUT2D eigenvalue weighted by molar-refractivity contribution is -0.305. The third kappa shape index (κ3) is 47.1. The van der Waals surface area contributed by atoms with Gasteiger partial charge in [0.25, 0.3) is 0 Å². The molecule has 11 nitrogen and oxygen atoms in total. The van der Waals surface area contributed by atoms with Crippen molar-refractivity contribution in [2.45, 2.75) is 282 Å². The highest BCUT2D eigenvalue weighted by Gasteiger charge is 2.47. The van der Waals surface area contributed by atoms with Gasteiger partial charge in [-0.3, -0.25) is 9.59 Å². The van der Waals surface area contributed by atoms with E-state index in [4.69, 9.17) is 14.2 Å². The van der Waals surface area contributed by atoms with Crippen LogP contribution in [-0.4, -0.2) is 99.6 Å². The number of amides is 1. The van der Waals surface area contributed by atoms with Crippen LogP contribution in [0.25, 0.3) is 0 Å². The summed E-state index contributed by atoms with van der Waals surface area (Å²) in [7, 11) is 0. The van der Waals surface area contributed by atoms with Crippen molar-refractivity contribution in [3.05, 3.63) is 158 Å². The molecule has 0 spiro atoms. The second kappa shape index (κ2) is 59.6. The maximum atomic E-state index is 13.4. The van der Waals surface area contributed by atoms with Gasteiger partial charge in [0.1, 0.15) is 24.4 Å². The fourth-order valence-corrected chi connectivity index (χ4v) is 9.26. The molecule has 1 rings (SSSR count). The minimum atomic E-state index is -1.65. The van der Waals surface area contributed by atoms with Gasteiger partial charge >= 0.3 is 5.97 Å². The number of nitrogens with one attached hydrogen (secondary N) is 1. The van der Waals surface area contributed by atoms with Crippen molar-refractivity contribution in [2.75, 3.05) is 13.2 Å². The molecule has 11 heteroatoms. The topological polar surface area (TPSA) is 175 Å². The minimum Gasteiger partial charge on any atom is -0.454 e. The fourth-order valence-electron chi connectivity index (χ4n) is 9.26. The molecule has 85 heavy (non-hydrogen) atoms. The second-order valence-corrected chi connectivity index (χ2v) is 22.1. The van der Waals surface area contributed by atoms with Crippen LogP contribution in [0, 0.1) is 0 Å². The first-order valence-electron chi connectivity index (χ1n) is 33.3. The number of hydrogen-bond acceptors (Lipinski definition) is 10. The van der Waals surface area contributed by atoms with E-state index in [1.165, 1.54) is 51.4 Å². The smallest absolute Gasteiger partial charge is 0.306 e. The van der Waals surface area contributed by atoms with Gasteiger partial charge in [0.05, 0.1) is 25.4 Å². The van der Waals surface area contributed by atoms with Gasteiger partial charge in [0, 0.05) is 12.8 Å². The minimum absolute atomic E-state index is 0.0476. The Hall–Kier alpha value is -4.72. The Kier molecular flexibility index (Phi) is 54.9. The monoisotopic (exact) mass is 1180 g/mol. The van der Waals surface area contributed by atoms with Gasteiger partial charge in [-0.05, 0) is 109 Å². The van der Waals surface area contributed by atoms with Gasteiger partial charge < -0.3 is 45.1 Å². The van der Waals surface area contributed by atoms with Crippen molar-refractivity contribution >= 4 is 11.9 Å². The highest BCUT2D eigenvalue weighted by Crippen LogP contribution is 2.26. The van der Waals surface area contributed by atoms with E-state index in [9.17, 15) is 35.1 Å². The van der Waals surface area contributed by atoms with E-state index < -0.39 is 67.4 Å². The summed E-state index contributed by atoms with van der Waals surface area (Å²) in [6, 6.07) is -1.08. The average Bonchev–Trinajstić information content (AvgIpc) is 3.34. The lowest BCUT2D eigenvalue weighted by Gasteiger charge is -2.41. The Bertz CT molecular complexity index is 1990. The first-order chi connectivity index (χ1) is 41.7. The molecule has 0 radical (unpaired) electrons. The predicted molar refractivity (Wildman–Crippen MR) is 356 cm³/mol. The third-order valence-electron chi connectivity index (χ3n) is 14.4. The number of carbonyl (C=O) groups excluding carboxylic acids is 2. The normalized spacial score (nSPS) is 19.5. The van der Waals surface area contributed by atoms with Gasteiger partial charge in [-0.25, -0.2) is 0 Å². The van der Waals surface area contributed by atoms with Crippen LogP contribution in [0.4, 0.5) is 0 Å². The van der Waals surface area contributed by atoms with E-state index in [0.29, 0.717) is 12.8 Å². The Morgan fingerprint density at radius 3 is 1.27 bits per heavy atom. The van der Waals surface area contributed by atoms with Crippen molar-refractivity contribution in [1.82, 2.24) is 5.32 Å². The molecule has 1 aliphatic heterocycles. The molecule has 0 aromatic carbocycles. The predicted octanol–water partition coefficient (Wildman–Crippen LogP) is 16.7. The average molecular weight is 1180 g/mol. The van der Waals surface area contributed by atoms with Crippen LogP contribution in [0.2, 0.25) is 0 Å². The number of ether oxygens (including phenoxy) is 3. The van der Waals surface area contributed by atoms with E-state index in [-0.39, 0.29) is 19.4 Å². The number of esters is 1. The van der Waals surface area contributed by atoms with Crippen molar-refractivity contribution in [3.63, 3.8) is 0 Å². The molecule has 0 bridgehead atoms. The molecule has 1 aliphatic rings. The molecule has 1 fully saturated rings. The van der Waals surface area contributed by atoms with Crippen LogP contribution in [0.5, 0.6) is 0 Å². The number of unbranched alkanes of at least 4 members (excludes halogenated alkanes) is 17. The van der Waals surface area contributed by atoms with Crippen LogP contribution in [-0.2, 0) is 23.8 Å². The van der Waals surface area contributed by atoms with Crippen LogP contribution >= 0.6 is 0 Å². The SMILES string of the molecule is CC/C=C\C/C=C\C/C=C\C/C=C\C/C=C\C/C=C\CCCCCCCCC(=O)OC1C(OCC(NC(=O)C(O)C/C=C\C/C=C\C/C=C\C/C=C\C/C=C\C/C=C\CC)C(O)/C=C/CCCCCCCCCCCCC)OC(CO)C(O)C1O. The quantitative estimate of drug-likeness (QED) is 0.0195. The molecule has 8 atom stereocenters. The van der Waals surface area contributed by atoms with Crippen molar-refractivity contribution in [3.8, 4) is 0 Å². The molecular formula is C74H119NO10. The molecule has 1 heterocycles. The Morgan fingerprint density at radius 1 is 0.471 bits per heavy atom. The molecule has 0 aromatic heterocycles. The number of carbonyl (C=O) groups is 2. The van der Waals surface area contributed by atoms with Crippen LogP contribution in [0.15, 0.2) is 158 Å². The van der Waals surface area contributed by atoms with Crippen molar-refractivity contribution in [2.24, 2.45) is 0 Å². The maximum absolute atomic E-state index is 13.4. The van der Waals surface area contributed by atoms with E-state index in [0.717, 1.165) is 135 Å². The highest BCUT2D eigenvalue weighted by atomic mass is 16.7.